The Hall–Kier alpha value is -2.49. The average molecular weight is 472 g/mol. The van der Waals surface area contributed by atoms with E-state index in [4.69, 9.17) is 0 Å². The van der Waals surface area contributed by atoms with Gasteiger partial charge >= 0.3 is 0 Å². The molecule has 1 amide bonds. The molecule has 0 unspecified atom stereocenters. The summed E-state index contributed by atoms with van der Waals surface area (Å²) in [5, 5.41) is 0.936. The van der Waals surface area contributed by atoms with Crippen molar-refractivity contribution in [2.24, 2.45) is 4.40 Å². The average Bonchev–Trinajstić information content (AvgIpc) is 3.26. The number of fused-ring (bicyclic) bond motifs is 1. The van der Waals surface area contributed by atoms with Gasteiger partial charge < -0.3 is 4.90 Å². The summed E-state index contributed by atoms with van der Waals surface area (Å²) in [6.45, 7) is 8.47. The van der Waals surface area contributed by atoms with Crippen LogP contribution in [-0.2, 0) is 14.8 Å². The lowest BCUT2D eigenvalue weighted by atomic mass is 10.2. The van der Waals surface area contributed by atoms with Gasteiger partial charge in [-0.3, -0.25) is 9.69 Å². The van der Waals surface area contributed by atoms with E-state index in [-0.39, 0.29) is 22.5 Å². The van der Waals surface area contributed by atoms with E-state index in [1.807, 2.05) is 38.1 Å². The number of hydrogen-bond acceptors (Lipinski definition) is 6. The number of amides is 1. The van der Waals surface area contributed by atoms with Gasteiger partial charge in [0.1, 0.15) is 9.93 Å². The minimum atomic E-state index is -3.96. The van der Waals surface area contributed by atoms with E-state index < -0.39 is 10.0 Å². The van der Waals surface area contributed by atoms with E-state index in [0.29, 0.717) is 11.4 Å². The quantitative estimate of drug-likeness (QED) is 0.469. The molecule has 0 N–H and O–H groups in total. The van der Waals surface area contributed by atoms with E-state index in [0.717, 1.165) is 32.9 Å². The van der Waals surface area contributed by atoms with Gasteiger partial charge in [-0.25, -0.2) is 0 Å². The minimum absolute atomic E-state index is 0.0936. The molecule has 2 aromatic rings. The topological polar surface area (TPSA) is 70.1 Å². The number of sulfonamides is 1. The van der Waals surface area contributed by atoms with Crippen molar-refractivity contribution < 1.29 is 13.2 Å². The largest absolute Gasteiger partial charge is 0.334 e. The molecule has 0 aromatic heterocycles. The van der Waals surface area contributed by atoms with Crippen LogP contribution in [0.1, 0.15) is 12.5 Å². The van der Waals surface area contributed by atoms with Crippen LogP contribution in [0.5, 0.6) is 0 Å². The van der Waals surface area contributed by atoms with Gasteiger partial charge in [-0.05, 0) is 49.9 Å². The number of carbonyl (C=O) groups is 1. The second-order valence-electron chi connectivity index (χ2n) is 6.92. The number of rotatable bonds is 5. The standard InChI is InChI=1S/C22H21N3O3S3/c1-4-14-25-20(26)19(21-24(5-2)17-8-6-7-9-18(17)29-21)30-22(25)23-31(27,28)16-12-10-15(3)11-13-16/h4,6-13H,1,5,14H2,2-3H3/b21-19+,23-22+. The second-order valence-corrected chi connectivity index (χ2v) is 10.5. The Bertz CT molecular complexity index is 1220. The molecular weight excluding hydrogens is 450 g/mol. The highest BCUT2D eigenvalue weighted by Crippen LogP contribution is 2.50. The molecule has 2 heterocycles. The van der Waals surface area contributed by atoms with Crippen molar-refractivity contribution in [1.29, 1.82) is 0 Å². The molecule has 0 spiro atoms. The molecule has 2 aliphatic rings. The summed E-state index contributed by atoms with van der Waals surface area (Å²) in [6.07, 6.45) is 1.56. The van der Waals surface area contributed by atoms with Crippen molar-refractivity contribution >= 4 is 50.3 Å². The number of para-hydroxylation sites is 1. The predicted octanol–water partition coefficient (Wildman–Crippen LogP) is 4.60. The molecule has 0 atom stereocenters. The van der Waals surface area contributed by atoms with E-state index in [2.05, 4.69) is 15.9 Å². The summed E-state index contributed by atoms with van der Waals surface area (Å²) in [5.41, 5.74) is 1.99. The number of thioether (sulfide) groups is 2. The fourth-order valence-electron chi connectivity index (χ4n) is 3.28. The number of aryl methyl sites for hydroxylation is 1. The first-order valence-electron chi connectivity index (χ1n) is 9.66. The predicted molar refractivity (Wildman–Crippen MR) is 128 cm³/mol. The number of nitrogens with zero attached hydrogens (tertiary/aromatic N) is 3. The van der Waals surface area contributed by atoms with E-state index in [1.165, 1.54) is 28.8 Å². The molecule has 0 radical (unpaired) electrons. The van der Waals surface area contributed by atoms with Crippen molar-refractivity contribution in [1.82, 2.24) is 4.90 Å². The van der Waals surface area contributed by atoms with Crippen LogP contribution in [0, 0.1) is 6.92 Å². The molecule has 0 aliphatic carbocycles. The second kappa shape index (κ2) is 8.57. The van der Waals surface area contributed by atoms with Crippen LogP contribution in [0.2, 0.25) is 0 Å². The van der Waals surface area contributed by atoms with Crippen LogP contribution in [-0.4, -0.2) is 37.5 Å². The lowest BCUT2D eigenvalue weighted by molar-refractivity contribution is -0.121. The fourth-order valence-corrected chi connectivity index (χ4v) is 6.86. The normalized spacial score (nSPS) is 19.9. The van der Waals surface area contributed by atoms with Crippen molar-refractivity contribution in [2.75, 3.05) is 18.0 Å². The third kappa shape index (κ3) is 4.05. The van der Waals surface area contributed by atoms with E-state index in [9.17, 15) is 13.2 Å². The van der Waals surface area contributed by atoms with Gasteiger partial charge in [0.05, 0.1) is 10.6 Å². The summed E-state index contributed by atoms with van der Waals surface area (Å²) in [5.74, 6) is -0.267. The first-order chi connectivity index (χ1) is 14.9. The maximum Gasteiger partial charge on any atom is 0.284 e. The van der Waals surface area contributed by atoms with Crippen LogP contribution in [0.15, 0.2) is 85.3 Å². The molecule has 1 fully saturated rings. The Kier molecular flexibility index (Phi) is 6.00. The van der Waals surface area contributed by atoms with Gasteiger partial charge in [-0.15, -0.1) is 11.0 Å². The third-order valence-corrected chi connectivity index (χ3v) is 8.59. The van der Waals surface area contributed by atoms with Crippen molar-refractivity contribution in [3.63, 3.8) is 0 Å². The van der Waals surface area contributed by atoms with E-state index >= 15 is 0 Å². The molecule has 0 bridgehead atoms. The van der Waals surface area contributed by atoms with Crippen LogP contribution < -0.4 is 4.90 Å². The highest BCUT2D eigenvalue weighted by Gasteiger charge is 2.40. The van der Waals surface area contributed by atoms with Gasteiger partial charge in [0, 0.05) is 18.0 Å². The van der Waals surface area contributed by atoms with Crippen LogP contribution in [0.4, 0.5) is 5.69 Å². The van der Waals surface area contributed by atoms with Crippen molar-refractivity contribution in [3.8, 4) is 0 Å². The molecule has 160 valence electrons. The monoisotopic (exact) mass is 471 g/mol. The molecular formula is C22H21N3O3S3. The Morgan fingerprint density at radius 1 is 1.06 bits per heavy atom. The lowest BCUT2D eigenvalue weighted by Gasteiger charge is -2.19. The highest BCUT2D eigenvalue weighted by atomic mass is 32.2. The first-order valence-corrected chi connectivity index (χ1v) is 12.7. The number of anilines is 1. The highest BCUT2D eigenvalue weighted by molar-refractivity contribution is 8.19. The Labute approximate surface area is 190 Å². The van der Waals surface area contributed by atoms with Crippen LogP contribution >= 0.6 is 23.5 Å². The molecule has 0 saturated carbocycles. The molecule has 1 saturated heterocycles. The maximum absolute atomic E-state index is 13.3. The first kappa shape index (κ1) is 21.7. The maximum atomic E-state index is 13.3. The Morgan fingerprint density at radius 3 is 2.45 bits per heavy atom. The number of benzene rings is 2. The van der Waals surface area contributed by atoms with Crippen LogP contribution in [0.25, 0.3) is 0 Å². The van der Waals surface area contributed by atoms with Gasteiger partial charge in [0.25, 0.3) is 15.9 Å². The summed E-state index contributed by atoms with van der Waals surface area (Å²) in [7, 11) is -3.96. The number of amidine groups is 1. The Balaban J connectivity index is 1.77. The number of carbonyl (C=O) groups excluding carboxylic acids is 1. The molecule has 9 heteroatoms. The van der Waals surface area contributed by atoms with E-state index in [1.54, 1.807) is 18.2 Å². The van der Waals surface area contributed by atoms with Gasteiger partial charge in [-0.2, -0.15) is 8.42 Å². The molecule has 2 aromatic carbocycles. The zero-order valence-corrected chi connectivity index (χ0v) is 19.6. The summed E-state index contributed by atoms with van der Waals surface area (Å²) >= 11 is 2.61. The van der Waals surface area contributed by atoms with Gasteiger partial charge in [0.15, 0.2) is 5.17 Å². The molecule has 2 aliphatic heterocycles. The molecule has 4 rings (SSSR count). The zero-order valence-electron chi connectivity index (χ0n) is 17.1. The Morgan fingerprint density at radius 2 is 1.77 bits per heavy atom. The summed E-state index contributed by atoms with van der Waals surface area (Å²) in [4.78, 5) is 18.3. The van der Waals surface area contributed by atoms with Gasteiger partial charge in [-0.1, -0.05) is 47.7 Å². The third-order valence-electron chi connectivity index (χ3n) is 4.81. The van der Waals surface area contributed by atoms with Gasteiger partial charge in [0.2, 0.25) is 0 Å². The van der Waals surface area contributed by atoms with Crippen molar-refractivity contribution in [2.45, 2.75) is 23.6 Å². The zero-order chi connectivity index (χ0) is 22.2. The number of hydrogen-bond donors (Lipinski definition) is 0. The smallest absolute Gasteiger partial charge is 0.284 e. The fraction of sp³-hybridized carbons (Fsp3) is 0.182. The lowest BCUT2D eigenvalue weighted by Crippen LogP contribution is -2.30. The van der Waals surface area contributed by atoms with Crippen molar-refractivity contribution in [3.05, 3.63) is 76.7 Å². The summed E-state index contributed by atoms with van der Waals surface area (Å²) < 4.78 is 29.8. The van der Waals surface area contributed by atoms with Crippen LogP contribution in [0.3, 0.4) is 0 Å². The summed E-state index contributed by atoms with van der Waals surface area (Å²) in [6, 6.07) is 14.4. The molecule has 31 heavy (non-hydrogen) atoms. The minimum Gasteiger partial charge on any atom is -0.334 e. The SMILES string of the molecule is C=CCN1C(=O)/C(=C2\Sc3ccccc3N2CC)S/C1=N/S(=O)(=O)c1ccc(C)cc1. The molecule has 6 nitrogen and oxygen atoms in total.